The monoisotopic (exact) mass is 475 g/mol. The van der Waals surface area contributed by atoms with E-state index in [2.05, 4.69) is 30.2 Å². The summed E-state index contributed by atoms with van der Waals surface area (Å²) in [5.74, 6) is 0.352. The molecule has 3 aromatic rings. The van der Waals surface area contributed by atoms with E-state index in [-0.39, 0.29) is 12.1 Å². The van der Waals surface area contributed by atoms with Crippen molar-refractivity contribution in [1.82, 2.24) is 24.5 Å². The molecule has 1 atom stereocenters. The van der Waals surface area contributed by atoms with E-state index < -0.39 is 5.60 Å². The maximum atomic E-state index is 12.5. The molecule has 1 aliphatic rings. The minimum absolute atomic E-state index is 0.00898. The van der Waals surface area contributed by atoms with E-state index in [4.69, 9.17) is 15.6 Å². The highest BCUT2D eigenvalue weighted by Gasteiger charge is 2.28. The van der Waals surface area contributed by atoms with Crippen LogP contribution in [0.25, 0.3) is 11.3 Å². The Balaban J connectivity index is 1.53. The molecule has 0 radical (unpaired) electrons. The van der Waals surface area contributed by atoms with Crippen LogP contribution in [0.3, 0.4) is 0 Å². The molecule has 0 saturated carbocycles. The van der Waals surface area contributed by atoms with Crippen LogP contribution in [0.4, 0.5) is 10.6 Å². The number of nitrogen functional groups attached to an aromatic ring is 1. The molecule has 9 heteroatoms. The van der Waals surface area contributed by atoms with Crippen LogP contribution >= 0.6 is 0 Å². The average Bonchev–Trinajstić information content (AvgIpc) is 3.29. The number of hydrogen-bond donors (Lipinski definition) is 1. The lowest BCUT2D eigenvalue weighted by Gasteiger charge is -2.26. The molecule has 0 unspecified atom stereocenters. The lowest BCUT2D eigenvalue weighted by molar-refractivity contribution is 0.0255. The number of rotatable bonds is 4. The van der Waals surface area contributed by atoms with Gasteiger partial charge in [0.15, 0.2) is 0 Å². The van der Waals surface area contributed by atoms with Crippen molar-refractivity contribution in [3.05, 3.63) is 53.3 Å². The third-order valence-electron chi connectivity index (χ3n) is 6.25. The molecule has 9 nitrogen and oxygen atoms in total. The second-order valence-corrected chi connectivity index (χ2v) is 10.1. The second kappa shape index (κ2) is 9.82. The van der Waals surface area contributed by atoms with Gasteiger partial charge in [-0.1, -0.05) is 24.3 Å². The normalized spacial score (nSPS) is 16.5. The van der Waals surface area contributed by atoms with Crippen molar-refractivity contribution in [1.29, 1.82) is 5.26 Å². The number of carbonyl (C=O) groups is 1. The summed E-state index contributed by atoms with van der Waals surface area (Å²) in [6, 6.07) is 10.4. The molecule has 1 saturated heterocycles. The fourth-order valence-electron chi connectivity index (χ4n) is 4.40. The zero-order chi connectivity index (χ0) is 25.2. The number of likely N-dealkylation sites (tertiary alicyclic amines) is 1. The number of aryl methyl sites for hydroxylation is 1. The van der Waals surface area contributed by atoms with Crippen molar-refractivity contribution >= 4 is 11.9 Å². The Morgan fingerprint density at radius 1 is 1.26 bits per heavy atom. The fraction of sp³-hybridized carbons (Fsp3) is 0.462. The van der Waals surface area contributed by atoms with E-state index in [1.165, 1.54) is 11.1 Å². The Morgan fingerprint density at radius 2 is 2.03 bits per heavy atom. The molecule has 0 aliphatic carbocycles. The summed E-state index contributed by atoms with van der Waals surface area (Å²) in [7, 11) is 0. The van der Waals surface area contributed by atoms with Crippen LogP contribution in [0.1, 0.15) is 62.8 Å². The number of nitrogens with two attached hydrogens (primary N) is 1. The van der Waals surface area contributed by atoms with Crippen molar-refractivity contribution in [2.45, 2.75) is 65.1 Å². The number of hydrogen-bond acceptors (Lipinski definition) is 6. The van der Waals surface area contributed by atoms with Crippen molar-refractivity contribution in [2.24, 2.45) is 0 Å². The standard InChI is InChI=1S/C26H33N7O2/c1-18-8-5-6-9-19(18)16-32-17-20(15-29-32)23-22(14-27)24(28)33(30-23)21-10-7-12-31(13-11-21)25(34)35-26(2,3)4/h5-6,8-9,15,17,21H,7,10-13,16,28H2,1-4H3/t21-/m0/s1. The van der Waals surface area contributed by atoms with Gasteiger partial charge in [-0.25, -0.2) is 9.48 Å². The number of amides is 1. The molecule has 184 valence electrons. The number of carbonyl (C=O) groups excluding carboxylic acids is 1. The first-order chi connectivity index (χ1) is 16.7. The minimum atomic E-state index is -0.532. The van der Waals surface area contributed by atoms with Gasteiger partial charge in [0, 0.05) is 24.8 Å². The molecule has 1 fully saturated rings. The number of benzene rings is 1. The summed E-state index contributed by atoms with van der Waals surface area (Å²) >= 11 is 0. The van der Waals surface area contributed by atoms with Crippen molar-refractivity contribution in [3.63, 3.8) is 0 Å². The summed E-state index contributed by atoms with van der Waals surface area (Å²) in [6.07, 6.45) is 5.61. The number of ether oxygens (including phenoxy) is 1. The van der Waals surface area contributed by atoms with Gasteiger partial charge in [-0.15, -0.1) is 0 Å². The van der Waals surface area contributed by atoms with E-state index in [0.29, 0.717) is 43.1 Å². The van der Waals surface area contributed by atoms with E-state index in [0.717, 1.165) is 18.4 Å². The van der Waals surface area contributed by atoms with Gasteiger partial charge >= 0.3 is 6.09 Å². The zero-order valence-electron chi connectivity index (χ0n) is 20.9. The van der Waals surface area contributed by atoms with E-state index >= 15 is 0 Å². The molecule has 3 heterocycles. The fourth-order valence-corrected chi connectivity index (χ4v) is 4.40. The topological polar surface area (TPSA) is 115 Å². The van der Waals surface area contributed by atoms with Gasteiger partial charge in [0.1, 0.15) is 28.7 Å². The maximum absolute atomic E-state index is 12.5. The molecule has 35 heavy (non-hydrogen) atoms. The van der Waals surface area contributed by atoms with E-state index in [1.807, 2.05) is 43.8 Å². The van der Waals surface area contributed by atoms with Crippen molar-refractivity contribution < 1.29 is 9.53 Å². The third kappa shape index (κ3) is 5.48. The van der Waals surface area contributed by atoms with Crippen LogP contribution in [0.2, 0.25) is 0 Å². The Kier molecular flexibility index (Phi) is 6.83. The Bertz CT molecular complexity index is 1250. The summed E-state index contributed by atoms with van der Waals surface area (Å²) in [6.45, 7) is 9.47. The van der Waals surface area contributed by atoms with Crippen molar-refractivity contribution in [2.75, 3.05) is 18.8 Å². The van der Waals surface area contributed by atoms with Gasteiger partial charge in [-0.3, -0.25) is 4.68 Å². The lowest BCUT2D eigenvalue weighted by atomic mass is 10.1. The summed E-state index contributed by atoms with van der Waals surface area (Å²) in [5.41, 5.74) is 9.90. The summed E-state index contributed by atoms with van der Waals surface area (Å²) in [4.78, 5) is 14.3. The highest BCUT2D eigenvalue weighted by molar-refractivity contribution is 5.72. The van der Waals surface area contributed by atoms with Crippen LogP contribution in [-0.4, -0.2) is 49.2 Å². The first-order valence-corrected chi connectivity index (χ1v) is 12.0. The highest BCUT2D eigenvalue weighted by Crippen LogP contribution is 2.32. The van der Waals surface area contributed by atoms with E-state index in [9.17, 15) is 10.1 Å². The summed E-state index contributed by atoms with van der Waals surface area (Å²) < 4.78 is 9.14. The number of anilines is 1. The Labute approximate surface area is 206 Å². The molecule has 1 aromatic carbocycles. The van der Waals surface area contributed by atoms with Crippen LogP contribution in [-0.2, 0) is 11.3 Å². The highest BCUT2D eigenvalue weighted by atomic mass is 16.6. The molecule has 0 bridgehead atoms. The first-order valence-electron chi connectivity index (χ1n) is 12.0. The largest absolute Gasteiger partial charge is 0.444 e. The maximum Gasteiger partial charge on any atom is 0.410 e. The number of nitrogens with zero attached hydrogens (tertiary/aromatic N) is 6. The quantitative estimate of drug-likeness (QED) is 0.593. The molecular weight excluding hydrogens is 442 g/mol. The summed E-state index contributed by atoms with van der Waals surface area (Å²) in [5, 5.41) is 19.1. The minimum Gasteiger partial charge on any atom is -0.444 e. The Morgan fingerprint density at radius 3 is 2.74 bits per heavy atom. The Hall–Kier alpha value is -3.80. The van der Waals surface area contributed by atoms with Gasteiger partial charge in [0.05, 0.1) is 18.8 Å². The van der Waals surface area contributed by atoms with Gasteiger partial charge in [0.25, 0.3) is 0 Å². The first kappa shape index (κ1) is 24.3. The molecule has 1 aliphatic heterocycles. The second-order valence-electron chi connectivity index (χ2n) is 10.1. The van der Waals surface area contributed by atoms with Gasteiger partial charge in [-0.05, 0) is 58.1 Å². The SMILES string of the molecule is Cc1ccccc1Cn1cc(-c2nn([C@H]3CCCN(C(=O)OC(C)(C)C)CC3)c(N)c2C#N)cn1. The number of aromatic nitrogens is 4. The number of nitriles is 1. The van der Waals surface area contributed by atoms with Crippen LogP contribution in [0.15, 0.2) is 36.7 Å². The van der Waals surface area contributed by atoms with Gasteiger partial charge in [-0.2, -0.15) is 15.5 Å². The zero-order valence-corrected chi connectivity index (χ0v) is 20.9. The van der Waals surface area contributed by atoms with Crippen molar-refractivity contribution in [3.8, 4) is 17.3 Å². The molecule has 2 aromatic heterocycles. The van der Waals surface area contributed by atoms with E-state index in [1.54, 1.807) is 15.8 Å². The lowest BCUT2D eigenvalue weighted by Crippen LogP contribution is -2.37. The average molecular weight is 476 g/mol. The third-order valence-corrected chi connectivity index (χ3v) is 6.25. The van der Waals surface area contributed by atoms with Crippen LogP contribution in [0.5, 0.6) is 0 Å². The van der Waals surface area contributed by atoms with Gasteiger partial charge in [0.2, 0.25) is 0 Å². The predicted molar refractivity (Wildman–Crippen MR) is 134 cm³/mol. The van der Waals surface area contributed by atoms with Crippen LogP contribution < -0.4 is 5.73 Å². The predicted octanol–water partition coefficient (Wildman–Crippen LogP) is 4.52. The molecule has 1 amide bonds. The molecule has 0 spiro atoms. The molecular formula is C26H33N7O2. The van der Waals surface area contributed by atoms with Crippen LogP contribution in [0, 0.1) is 18.3 Å². The van der Waals surface area contributed by atoms with Gasteiger partial charge < -0.3 is 15.4 Å². The molecule has 4 rings (SSSR count). The smallest absolute Gasteiger partial charge is 0.410 e. The molecule has 2 N–H and O–H groups in total.